The maximum absolute atomic E-state index is 12.6. The van der Waals surface area contributed by atoms with Gasteiger partial charge in [0, 0.05) is 30.8 Å². The second kappa shape index (κ2) is 8.59. The number of ether oxygens (including phenoxy) is 3. The number of rotatable bonds is 6. The number of fused-ring (bicyclic) bond motifs is 1. The SMILES string of the molecule is COc1cc(CN2CCc3c(nc(-c4ccccc4)[nH]c3=O)C2)cc(OC)c1OC. The molecule has 0 spiro atoms. The zero-order valence-electron chi connectivity index (χ0n) is 17.4. The molecule has 1 aromatic heterocycles. The Labute approximate surface area is 175 Å². The van der Waals surface area contributed by atoms with Gasteiger partial charge >= 0.3 is 0 Å². The molecule has 1 aliphatic rings. The summed E-state index contributed by atoms with van der Waals surface area (Å²) in [5.41, 5.74) is 3.50. The van der Waals surface area contributed by atoms with Gasteiger partial charge in [0.1, 0.15) is 5.82 Å². The van der Waals surface area contributed by atoms with Crippen LogP contribution in [0.5, 0.6) is 17.2 Å². The highest BCUT2D eigenvalue weighted by Crippen LogP contribution is 2.38. The summed E-state index contributed by atoms with van der Waals surface area (Å²) in [6.45, 7) is 2.07. The highest BCUT2D eigenvalue weighted by atomic mass is 16.5. The number of benzene rings is 2. The van der Waals surface area contributed by atoms with Crippen LogP contribution in [-0.2, 0) is 19.5 Å². The molecule has 7 heteroatoms. The number of hydrogen-bond donors (Lipinski definition) is 1. The summed E-state index contributed by atoms with van der Waals surface area (Å²) >= 11 is 0. The number of nitrogens with zero attached hydrogens (tertiary/aromatic N) is 2. The van der Waals surface area contributed by atoms with Gasteiger partial charge in [-0.05, 0) is 24.1 Å². The quantitative estimate of drug-likeness (QED) is 0.677. The molecule has 3 aromatic rings. The van der Waals surface area contributed by atoms with Gasteiger partial charge in [0.05, 0.1) is 27.0 Å². The molecule has 7 nitrogen and oxygen atoms in total. The molecule has 0 saturated heterocycles. The molecule has 1 N–H and O–H groups in total. The Balaban J connectivity index is 1.60. The molecule has 0 amide bonds. The zero-order valence-corrected chi connectivity index (χ0v) is 17.4. The maximum atomic E-state index is 12.6. The predicted octanol–water partition coefficient (Wildman–Crippen LogP) is 3.02. The Morgan fingerprint density at radius 3 is 2.37 bits per heavy atom. The van der Waals surface area contributed by atoms with Gasteiger partial charge in [0.2, 0.25) is 5.75 Å². The number of hydrogen-bond acceptors (Lipinski definition) is 6. The van der Waals surface area contributed by atoms with E-state index in [9.17, 15) is 4.79 Å². The smallest absolute Gasteiger partial charge is 0.254 e. The molecule has 1 aliphatic heterocycles. The van der Waals surface area contributed by atoms with Crippen LogP contribution in [0.4, 0.5) is 0 Å². The molecule has 0 atom stereocenters. The van der Waals surface area contributed by atoms with Crippen LogP contribution >= 0.6 is 0 Å². The van der Waals surface area contributed by atoms with Crippen LogP contribution in [0.3, 0.4) is 0 Å². The minimum absolute atomic E-state index is 0.0497. The van der Waals surface area contributed by atoms with Gasteiger partial charge in [-0.15, -0.1) is 0 Å². The molecule has 0 bridgehead atoms. The van der Waals surface area contributed by atoms with E-state index >= 15 is 0 Å². The van der Waals surface area contributed by atoms with Crippen molar-refractivity contribution in [3.05, 3.63) is 69.6 Å². The highest BCUT2D eigenvalue weighted by Gasteiger charge is 2.22. The van der Waals surface area contributed by atoms with E-state index in [1.165, 1.54) is 0 Å². The van der Waals surface area contributed by atoms with Gasteiger partial charge in [-0.2, -0.15) is 0 Å². The Hall–Kier alpha value is -3.32. The third-order valence-corrected chi connectivity index (χ3v) is 5.33. The van der Waals surface area contributed by atoms with E-state index in [-0.39, 0.29) is 5.56 Å². The molecule has 0 fully saturated rings. The molecule has 30 heavy (non-hydrogen) atoms. The zero-order chi connectivity index (χ0) is 21.1. The van der Waals surface area contributed by atoms with Crippen molar-refractivity contribution in [2.45, 2.75) is 19.5 Å². The largest absolute Gasteiger partial charge is 0.493 e. The third kappa shape index (κ3) is 3.89. The standard InChI is InChI=1S/C23H25N3O4/c1-28-19-11-15(12-20(29-2)21(19)30-3)13-26-10-9-17-18(14-26)24-22(25-23(17)27)16-7-5-4-6-8-16/h4-8,11-12H,9-10,13-14H2,1-3H3,(H,24,25,27). The van der Waals surface area contributed by atoms with Crippen molar-refractivity contribution in [3.63, 3.8) is 0 Å². The van der Waals surface area contributed by atoms with Crippen molar-refractivity contribution in [1.82, 2.24) is 14.9 Å². The first-order valence-corrected chi connectivity index (χ1v) is 9.81. The van der Waals surface area contributed by atoms with Crippen molar-refractivity contribution in [2.75, 3.05) is 27.9 Å². The monoisotopic (exact) mass is 407 g/mol. The number of methoxy groups -OCH3 is 3. The lowest BCUT2D eigenvalue weighted by Gasteiger charge is -2.28. The van der Waals surface area contributed by atoms with Gasteiger partial charge in [0.15, 0.2) is 11.5 Å². The van der Waals surface area contributed by atoms with Crippen LogP contribution in [0, 0.1) is 0 Å². The highest BCUT2D eigenvalue weighted by molar-refractivity contribution is 5.55. The van der Waals surface area contributed by atoms with Gasteiger partial charge in [0.25, 0.3) is 5.56 Å². The summed E-state index contributed by atoms with van der Waals surface area (Å²) in [5, 5.41) is 0. The molecule has 0 radical (unpaired) electrons. The normalized spacial score (nSPS) is 13.6. The van der Waals surface area contributed by atoms with Crippen molar-refractivity contribution >= 4 is 0 Å². The second-order valence-electron chi connectivity index (χ2n) is 7.20. The van der Waals surface area contributed by atoms with E-state index in [1.807, 2.05) is 42.5 Å². The van der Waals surface area contributed by atoms with Crippen LogP contribution < -0.4 is 19.8 Å². The van der Waals surface area contributed by atoms with Crippen LogP contribution in [0.15, 0.2) is 47.3 Å². The molecular weight excluding hydrogens is 382 g/mol. The lowest BCUT2D eigenvalue weighted by atomic mass is 10.0. The molecule has 2 aromatic carbocycles. The first-order chi connectivity index (χ1) is 14.6. The second-order valence-corrected chi connectivity index (χ2v) is 7.20. The molecule has 0 saturated carbocycles. The van der Waals surface area contributed by atoms with E-state index in [0.717, 1.165) is 28.9 Å². The summed E-state index contributed by atoms with van der Waals surface area (Å²) in [6, 6.07) is 13.6. The summed E-state index contributed by atoms with van der Waals surface area (Å²) < 4.78 is 16.3. The topological polar surface area (TPSA) is 76.7 Å². The van der Waals surface area contributed by atoms with Gasteiger partial charge in [-0.25, -0.2) is 4.98 Å². The summed E-state index contributed by atoms with van der Waals surface area (Å²) in [7, 11) is 4.81. The summed E-state index contributed by atoms with van der Waals surface area (Å²) in [6.07, 6.45) is 0.664. The number of aromatic amines is 1. The van der Waals surface area contributed by atoms with Gasteiger partial charge in [-0.3, -0.25) is 9.69 Å². The maximum Gasteiger partial charge on any atom is 0.254 e. The molecule has 4 rings (SSSR count). The van der Waals surface area contributed by atoms with Crippen molar-refractivity contribution in [1.29, 1.82) is 0 Å². The fraction of sp³-hybridized carbons (Fsp3) is 0.304. The predicted molar refractivity (Wildman–Crippen MR) is 114 cm³/mol. The van der Waals surface area contributed by atoms with Crippen LogP contribution in [0.1, 0.15) is 16.8 Å². The molecule has 0 aliphatic carbocycles. The van der Waals surface area contributed by atoms with Gasteiger partial charge < -0.3 is 19.2 Å². The van der Waals surface area contributed by atoms with Gasteiger partial charge in [-0.1, -0.05) is 30.3 Å². The number of H-pyrrole nitrogens is 1. The van der Waals surface area contributed by atoms with E-state index in [0.29, 0.717) is 42.6 Å². The Kier molecular flexibility index (Phi) is 5.72. The van der Waals surface area contributed by atoms with Crippen molar-refractivity contribution in [3.8, 4) is 28.6 Å². The Morgan fingerprint density at radius 1 is 1.03 bits per heavy atom. The minimum atomic E-state index is -0.0497. The van der Waals surface area contributed by atoms with E-state index < -0.39 is 0 Å². The lowest BCUT2D eigenvalue weighted by molar-refractivity contribution is 0.239. The van der Waals surface area contributed by atoms with Crippen LogP contribution in [-0.4, -0.2) is 42.7 Å². The summed E-state index contributed by atoms with van der Waals surface area (Å²) in [4.78, 5) is 22.6. The molecule has 156 valence electrons. The lowest BCUT2D eigenvalue weighted by Crippen LogP contribution is -2.35. The van der Waals surface area contributed by atoms with E-state index in [1.54, 1.807) is 21.3 Å². The first kappa shape index (κ1) is 20.0. The van der Waals surface area contributed by atoms with Crippen molar-refractivity contribution < 1.29 is 14.2 Å². The molecular formula is C23H25N3O4. The summed E-state index contributed by atoms with van der Waals surface area (Å²) in [5.74, 6) is 2.44. The fourth-order valence-corrected chi connectivity index (χ4v) is 3.85. The van der Waals surface area contributed by atoms with E-state index in [2.05, 4.69) is 9.88 Å². The molecule has 2 heterocycles. The number of aromatic nitrogens is 2. The van der Waals surface area contributed by atoms with Crippen LogP contribution in [0.25, 0.3) is 11.4 Å². The van der Waals surface area contributed by atoms with Crippen LogP contribution in [0.2, 0.25) is 0 Å². The van der Waals surface area contributed by atoms with Crippen molar-refractivity contribution in [2.24, 2.45) is 0 Å². The Morgan fingerprint density at radius 2 is 1.73 bits per heavy atom. The third-order valence-electron chi connectivity index (χ3n) is 5.33. The average Bonchev–Trinajstić information content (AvgIpc) is 2.78. The van der Waals surface area contributed by atoms with E-state index in [4.69, 9.17) is 19.2 Å². The average molecular weight is 407 g/mol. The number of nitrogens with one attached hydrogen (secondary N) is 1. The minimum Gasteiger partial charge on any atom is -0.493 e. The Bertz CT molecular complexity index is 1070. The molecule has 0 unspecified atom stereocenters. The first-order valence-electron chi connectivity index (χ1n) is 9.81. The fourth-order valence-electron chi connectivity index (χ4n) is 3.85.